The second kappa shape index (κ2) is 11.7. The molecule has 1 aliphatic heterocycles. The van der Waals surface area contributed by atoms with Crippen molar-refractivity contribution in [1.82, 2.24) is 9.97 Å². The number of aromatic nitrogens is 2. The number of benzene rings is 3. The van der Waals surface area contributed by atoms with Gasteiger partial charge in [0.05, 0.1) is 16.8 Å². The SMILES string of the molecule is Cc1cccc(OCCCc2sc(-c3ccc4c(c3)N(C(=O)Nc3nc5ccccc5s3)CCC4)nc2C(=O)O)c1. The van der Waals surface area contributed by atoms with Crippen molar-refractivity contribution in [3.05, 3.63) is 88.4 Å². The molecule has 208 valence electrons. The number of carboxylic acid groups (broad SMARTS) is 1. The van der Waals surface area contributed by atoms with Crippen molar-refractivity contribution in [3.63, 3.8) is 0 Å². The van der Waals surface area contributed by atoms with E-state index >= 15 is 0 Å². The zero-order chi connectivity index (χ0) is 28.3. The van der Waals surface area contributed by atoms with E-state index in [0.29, 0.717) is 41.0 Å². The topological polar surface area (TPSA) is 105 Å². The van der Waals surface area contributed by atoms with Gasteiger partial charge >= 0.3 is 12.0 Å². The van der Waals surface area contributed by atoms with Crippen molar-refractivity contribution in [2.45, 2.75) is 32.6 Å². The smallest absolute Gasteiger partial charge is 0.355 e. The number of para-hydroxylation sites is 1. The van der Waals surface area contributed by atoms with E-state index in [1.165, 1.54) is 22.7 Å². The molecular weight excluding hydrogens is 556 g/mol. The Hall–Kier alpha value is -4.28. The predicted octanol–water partition coefficient (Wildman–Crippen LogP) is 7.42. The number of rotatable bonds is 8. The highest BCUT2D eigenvalue weighted by atomic mass is 32.1. The molecule has 10 heteroatoms. The van der Waals surface area contributed by atoms with Crippen LogP contribution in [-0.2, 0) is 12.8 Å². The number of ether oxygens (including phenoxy) is 1. The number of carboxylic acids is 1. The predicted molar refractivity (Wildman–Crippen MR) is 164 cm³/mol. The molecule has 1 aliphatic rings. The Morgan fingerprint density at radius 1 is 1.05 bits per heavy atom. The number of hydrogen-bond acceptors (Lipinski definition) is 7. The maximum absolute atomic E-state index is 13.3. The summed E-state index contributed by atoms with van der Waals surface area (Å²) in [4.78, 5) is 36.8. The number of amides is 2. The highest BCUT2D eigenvalue weighted by molar-refractivity contribution is 7.22. The Bertz CT molecular complexity index is 1710. The lowest BCUT2D eigenvalue weighted by molar-refractivity contribution is 0.0690. The highest BCUT2D eigenvalue weighted by Gasteiger charge is 2.25. The van der Waals surface area contributed by atoms with Gasteiger partial charge in [-0.2, -0.15) is 0 Å². The summed E-state index contributed by atoms with van der Waals surface area (Å²) in [6.07, 6.45) is 2.94. The fourth-order valence-corrected chi connectivity index (χ4v) is 6.89. The Morgan fingerprint density at radius 3 is 2.76 bits per heavy atom. The van der Waals surface area contributed by atoms with Gasteiger partial charge < -0.3 is 9.84 Å². The summed E-state index contributed by atoms with van der Waals surface area (Å²) in [5, 5.41) is 14.0. The minimum absolute atomic E-state index is 0.0729. The van der Waals surface area contributed by atoms with E-state index in [0.717, 1.165) is 51.2 Å². The molecule has 0 aliphatic carbocycles. The summed E-state index contributed by atoms with van der Waals surface area (Å²) in [5.74, 6) is -0.240. The third-order valence-corrected chi connectivity index (χ3v) is 9.03. The standard InChI is InChI=1S/C31H28N4O4S2/c1-19-7-4-9-22(17-19)39-16-6-12-26-27(29(36)37)33-28(40-26)21-14-13-20-8-5-15-35(24(20)18-21)31(38)34-30-32-23-10-2-3-11-25(23)41-30/h2-4,7,9-11,13-14,17-18H,5-6,8,12,15-16H2,1H3,(H,36,37)(H,32,34,38). The van der Waals surface area contributed by atoms with Gasteiger partial charge in [-0.25, -0.2) is 19.6 Å². The van der Waals surface area contributed by atoms with Gasteiger partial charge in [0.2, 0.25) is 0 Å². The molecule has 0 atom stereocenters. The molecule has 5 aromatic rings. The number of carbonyl (C=O) groups excluding carboxylic acids is 1. The quantitative estimate of drug-likeness (QED) is 0.184. The van der Waals surface area contributed by atoms with Crippen LogP contribution in [0.5, 0.6) is 5.75 Å². The third kappa shape index (κ3) is 5.94. The molecule has 0 fully saturated rings. The van der Waals surface area contributed by atoms with E-state index < -0.39 is 5.97 Å². The van der Waals surface area contributed by atoms with Crippen molar-refractivity contribution in [3.8, 4) is 16.3 Å². The minimum Gasteiger partial charge on any atom is -0.494 e. The van der Waals surface area contributed by atoms with Crippen LogP contribution >= 0.6 is 22.7 Å². The zero-order valence-electron chi connectivity index (χ0n) is 22.4. The van der Waals surface area contributed by atoms with Crippen LogP contribution in [0.4, 0.5) is 15.6 Å². The Kier molecular flexibility index (Phi) is 7.67. The number of fused-ring (bicyclic) bond motifs is 2. The lowest BCUT2D eigenvalue weighted by Crippen LogP contribution is -2.38. The summed E-state index contributed by atoms with van der Waals surface area (Å²) >= 11 is 2.82. The third-order valence-electron chi connectivity index (χ3n) is 6.91. The van der Waals surface area contributed by atoms with Crippen LogP contribution in [0, 0.1) is 6.92 Å². The molecule has 2 N–H and O–H groups in total. The number of urea groups is 1. The molecule has 0 spiro atoms. The van der Waals surface area contributed by atoms with Crippen molar-refractivity contribution in [2.24, 2.45) is 0 Å². The van der Waals surface area contributed by atoms with Gasteiger partial charge in [0.15, 0.2) is 10.8 Å². The van der Waals surface area contributed by atoms with Crippen LogP contribution in [0.3, 0.4) is 0 Å². The normalized spacial score (nSPS) is 12.8. The summed E-state index contributed by atoms with van der Waals surface area (Å²) in [5.41, 5.74) is 4.72. The maximum Gasteiger partial charge on any atom is 0.355 e. The number of aromatic carboxylic acids is 1. The summed E-state index contributed by atoms with van der Waals surface area (Å²) in [7, 11) is 0. The second-order valence-electron chi connectivity index (χ2n) is 9.88. The summed E-state index contributed by atoms with van der Waals surface area (Å²) in [6.45, 7) is 3.07. The van der Waals surface area contributed by atoms with Crippen LogP contribution in [-0.4, -0.2) is 40.2 Å². The summed E-state index contributed by atoms with van der Waals surface area (Å²) in [6, 6.07) is 21.3. The fraction of sp³-hybridized carbons (Fsp3) is 0.226. The van der Waals surface area contributed by atoms with Crippen LogP contribution in [0.25, 0.3) is 20.8 Å². The molecule has 0 radical (unpaired) electrons. The molecule has 2 amide bonds. The van der Waals surface area contributed by atoms with Gasteiger partial charge in [-0.3, -0.25) is 10.2 Å². The number of hydrogen-bond donors (Lipinski definition) is 2. The van der Waals surface area contributed by atoms with E-state index in [4.69, 9.17) is 4.74 Å². The van der Waals surface area contributed by atoms with Gasteiger partial charge in [-0.1, -0.05) is 47.7 Å². The van der Waals surface area contributed by atoms with Gasteiger partial charge in [0.25, 0.3) is 0 Å². The van der Waals surface area contributed by atoms with Crippen LogP contribution in [0.2, 0.25) is 0 Å². The van der Waals surface area contributed by atoms with Crippen LogP contribution < -0.4 is 15.0 Å². The molecule has 2 aromatic heterocycles. The van der Waals surface area contributed by atoms with Crippen molar-refractivity contribution >= 4 is 55.7 Å². The first-order chi connectivity index (χ1) is 19.9. The first-order valence-corrected chi connectivity index (χ1v) is 15.1. The lowest BCUT2D eigenvalue weighted by Gasteiger charge is -2.29. The van der Waals surface area contributed by atoms with E-state index in [1.807, 2.05) is 73.7 Å². The molecule has 41 heavy (non-hydrogen) atoms. The van der Waals surface area contributed by atoms with Gasteiger partial charge in [0.1, 0.15) is 10.8 Å². The van der Waals surface area contributed by atoms with Crippen molar-refractivity contribution in [1.29, 1.82) is 0 Å². The molecule has 0 unspecified atom stereocenters. The summed E-state index contributed by atoms with van der Waals surface area (Å²) < 4.78 is 6.86. The monoisotopic (exact) mass is 584 g/mol. The van der Waals surface area contributed by atoms with Crippen molar-refractivity contribution in [2.75, 3.05) is 23.4 Å². The maximum atomic E-state index is 13.3. The number of anilines is 2. The Labute approximate surface area is 245 Å². The molecule has 3 aromatic carbocycles. The van der Waals surface area contributed by atoms with Crippen LogP contribution in [0.15, 0.2) is 66.7 Å². The van der Waals surface area contributed by atoms with Gasteiger partial charge in [-0.15, -0.1) is 11.3 Å². The number of thiazole rings is 2. The average molecular weight is 585 g/mol. The first-order valence-electron chi connectivity index (χ1n) is 13.4. The molecule has 0 bridgehead atoms. The molecular formula is C31H28N4O4S2. The molecule has 0 saturated heterocycles. The minimum atomic E-state index is -1.04. The van der Waals surface area contributed by atoms with Crippen LogP contribution in [0.1, 0.15) is 39.3 Å². The number of carbonyl (C=O) groups is 2. The number of aryl methyl sites for hydroxylation is 3. The van der Waals surface area contributed by atoms with Gasteiger partial charge in [-0.05, 0) is 74.1 Å². The fourth-order valence-electron chi connectivity index (χ4n) is 4.94. The lowest BCUT2D eigenvalue weighted by atomic mass is 10.00. The largest absolute Gasteiger partial charge is 0.494 e. The molecule has 3 heterocycles. The average Bonchev–Trinajstić information content (AvgIpc) is 3.59. The second-order valence-corrected chi connectivity index (χ2v) is 12.0. The zero-order valence-corrected chi connectivity index (χ0v) is 24.1. The molecule has 6 rings (SSSR count). The van der Waals surface area contributed by atoms with E-state index in [-0.39, 0.29) is 11.7 Å². The Morgan fingerprint density at radius 2 is 1.93 bits per heavy atom. The molecule has 8 nitrogen and oxygen atoms in total. The van der Waals surface area contributed by atoms with Gasteiger partial charge in [0, 0.05) is 22.7 Å². The first kappa shape index (κ1) is 26.9. The van der Waals surface area contributed by atoms with E-state index in [1.54, 1.807) is 4.90 Å². The number of nitrogens with zero attached hydrogens (tertiary/aromatic N) is 3. The van der Waals surface area contributed by atoms with E-state index in [2.05, 4.69) is 15.3 Å². The van der Waals surface area contributed by atoms with Crippen molar-refractivity contribution < 1.29 is 19.4 Å². The van der Waals surface area contributed by atoms with E-state index in [9.17, 15) is 14.7 Å². The Balaban J connectivity index is 1.19. The highest BCUT2D eigenvalue weighted by Crippen LogP contribution is 2.36. The number of nitrogens with one attached hydrogen (secondary N) is 1. The molecule has 0 saturated carbocycles.